The molecule has 0 radical (unpaired) electrons. The lowest BCUT2D eigenvalue weighted by molar-refractivity contribution is -0.130. The molecule has 3 heterocycles. The number of anilines is 2. The lowest BCUT2D eigenvalue weighted by Gasteiger charge is -2.36. The van der Waals surface area contributed by atoms with Crippen molar-refractivity contribution in [2.24, 2.45) is 11.3 Å². The van der Waals surface area contributed by atoms with Crippen molar-refractivity contribution in [2.75, 3.05) is 49.1 Å². The summed E-state index contributed by atoms with van der Waals surface area (Å²) in [5.74, 6) is 0.238. The van der Waals surface area contributed by atoms with E-state index in [0.717, 1.165) is 51.1 Å². The molecule has 0 saturated carbocycles. The zero-order valence-electron chi connectivity index (χ0n) is 24.4. The summed E-state index contributed by atoms with van der Waals surface area (Å²) in [5.41, 5.74) is 2.01. The number of piperazine rings is 1. The second kappa shape index (κ2) is 12.0. The molecule has 2 aliphatic rings. The van der Waals surface area contributed by atoms with E-state index >= 15 is 0 Å². The van der Waals surface area contributed by atoms with Crippen molar-refractivity contribution in [3.63, 3.8) is 0 Å². The number of hydrogen-bond acceptors (Lipinski definition) is 6. The highest BCUT2D eigenvalue weighted by atomic mass is 16.5. The molecule has 0 N–H and O–H groups in total. The fourth-order valence-electron chi connectivity index (χ4n) is 5.50. The summed E-state index contributed by atoms with van der Waals surface area (Å²) in [5, 5.41) is 2.62. The zero-order valence-corrected chi connectivity index (χ0v) is 24.4. The van der Waals surface area contributed by atoms with Gasteiger partial charge in [0, 0.05) is 55.7 Å². The van der Waals surface area contributed by atoms with Gasteiger partial charge in [0.1, 0.15) is 5.82 Å². The van der Waals surface area contributed by atoms with Gasteiger partial charge in [-0.1, -0.05) is 64.1 Å². The number of carbonyl (C=O) groups is 2. The highest BCUT2D eigenvalue weighted by Gasteiger charge is 2.37. The van der Waals surface area contributed by atoms with Crippen LogP contribution in [0.15, 0.2) is 54.6 Å². The van der Waals surface area contributed by atoms with Crippen LogP contribution in [0.5, 0.6) is 5.88 Å². The smallest absolute Gasteiger partial charge is 0.238 e. The highest BCUT2D eigenvalue weighted by Crippen LogP contribution is 2.34. The number of carbonyl (C=O) groups excluding carboxylic acids is 2. The predicted molar refractivity (Wildman–Crippen MR) is 161 cm³/mol. The van der Waals surface area contributed by atoms with E-state index in [1.807, 2.05) is 39.8 Å². The van der Waals surface area contributed by atoms with E-state index in [0.29, 0.717) is 31.1 Å². The number of pyridine rings is 1. The molecular formula is C33H42N4O3. The molecule has 7 heteroatoms. The SMILES string of the molecule is CC(C(=O)N1C(=O)CCc2ccc(OCCCCN3CCN(c4cccc5ccccc45)CC3)nc21)C(C)(C)C. The van der Waals surface area contributed by atoms with Gasteiger partial charge in [-0.15, -0.1) is 0 Å². The minimum absolute atomic E-state index is 0.182. The van der Waals surface area contributed by atoms with Gasteiger partial charge in [0.15, 0.2) is 0 Å². The third-order valence-corrected chi connectivity index (χ3v) is 8.49. The lowest BCUT2D eigenvalue weighted by atomic mass is 9.81. The molecule has 3 aromatic rings. The average molecular weight is 543 g/mol. The molecule has 0 bridgehead atoms. The molecule has 1 aromatic heterocycles. The Morgan fingerprint density at radius 1 is 0.950 bits per heavy atom. The quantitative estimate of drug-likeness (QED) is 0.340. The van der Waals surface area contributed by atoms with Crippen LogP contribution in [0.4, 0.5) is 11.5 Å². The van der Waals surface area contributed by atoms with E-state index in [4.69, 9.17) is 4.74 Å². The molecule has 7 nitrogen and oxygen atoms in total. The van der Waals surface area contributed by atoms with Gasteiger partial charge >= 0.3 is 0 Å². The summed E-state index contributed by atoms with van der Waals surface area (Å²) in [6.07, 6.45) is 2.90. The number of nitrogens with zero attached hydrogens (tertiary/aromatic N) is 4. The van der Waals surface area contributed by atoms with Crippen LogP contribution in [0.3, 0.4) is 0 Å². The first kappa shape index (κ1) is 28.1. The molecule has 1 unspecified atom stereocenters. The fourth-order valence-corrected chi connectivity index (χ4v) is 5.50. The standard InChI is InChI=1S/C33H42N4O3/c1-24(33(2,3)4)32(39)37-30(38)17-15-26-14-16-29(34-31(26)37)40-23-8-7-18-35-19-21-36(22-20-35)28-13-9-11-25-10-5-6-12-27(25)28/h5-6,9-14,16,24H,7-8,15,17-23H2,1-4H3. The first-order chi connectivity index (χ1) is 19.2. The van der Waals surface area contributed by atoms with Gasteiger partial charge in [-0.2, -0.15) is 4.98 Å². The molecule has 2 aromatic carbocycles. The van der Waals surface area contributed by atoms with E-state index in [-0.39, 0.29) is 23.1 Å². The topological polar surface area (TPSA) is 66.0 Å². The maximum atomic E-state index is 13.3. The summed E-state index contributed by atoms with van der Waals surface area (Å²) >= 11 is 0. The highest BCUT2D eigenvalue weighted by molar-refractivity contribution is 6.16. The molecule has 5 rings (SSSR count). The largest absolute Gasteiger partial charge is 0.478 e. The molecule has 212 valence electrons. The van der Waals surface area contributed by atoms with Crippen LogP contribution in [-0.4, -0.2) is 61.0 Å². The van der Waals surface area contributed by atoms with Crippen molar-refractivity contribution in [3.8, 4) is 5.88 Å². The Hall–Kier alpha value is -3.45. The molecule has 0 spiro atoms. The fraction of sp³-hybridized carbons (Fsp3) is 0.485. The van der Waals surface area contributed by atoms with Gasteiger partial charge in [-0.05, 0) is 54.3 Å². The van der Waals surface area contributed by atoms with Crippen molar-refractivity contribution >= 4 is 34.1 Å². The third kappa shape index (κ3) is 6.15. The summed E-state index contributed by atoms with van der Waals surface area (Å²) in [6, 6.07) is 19.0. The number of imide groups is 1. The van der Waals surface area contributed by atoms with Gasteiger partial charge in [-0.3, -0.25) is 14.5 Å². The number of amides is 2. The third-order valence-electron chi connectivity index (χ3n) is 8.49. The van der Waals surface area contributed by atoms with Gasteiger partial charge in [0.25, 0.3) is 0 Å². The van der Waals surface area contributed by atoms with Crippen molar-refractivity contribution in [3.05, 3.63) is 60.2 Å². The van der Waals surface area contributed by atoms with E-state index in [1.165, 1.54) is 21.4 Å². The van der Waals surface area contributed by atoms with Gasteiger partial charge in [0.05, 0.1) is 6.61 Å². The summed E-state index contributed by atoms with van der Waals surface area (Å²) in [6.45, 7) is 13.7. The Morgan fingerprint density at radius 2 is 1.70 bits per heavy atom. The number of unbranched alkanes of at least 4 members (excludes halogenated alkanes) is 1. The zero-order chi connectivity index (χ0) is 28.3. The molecule has 1 fully saturated rings. The molecular weight excluding hydrogens is 500 g/mol. The number of rotatable bonds is 8. The molecule has 1 saturated heterocycles. The number of hydrogen-bond donors (Lipinski definition) is 0. The number of aromatic nitrogens is 1. The van der Waals surface area contributed by atoms with E-state index in [2.05, 4.69) is 57.2 Å². The Labute approximate surface area is 238 Å². The Balaban J connectivity index is 1.10. The number of aryl methyl sites for hydroxylation is 1. The normalized spacial score (nSPS) is 17.1. The maximum absolute atomic E-state index is 13.3. The average Bonchev–Trinajstić information content (AvgIpc) is 2.95. The molecule has 2 aliphatic heterocycles. The van der Waals surface area contributed by atoms with E-state index < -0.39 is 0 Å². The second-order valence-electron chi connectivity index (χ2n) is 12.2. The molecule has 0 aliphatic carbocycles. The van der Waals surface area contributed by atoms with Crippen LogP contribution in [0.25, 0.3) is 10.8 Å². The van der Waals surface area contributed by atoms with Crippen LogP contribution < -0.4 is 14.5 Å². The van der Waals surface area contributed by atoms with Crippen LogP contribution in [0, 0.1) is 11.3 Å². The van der Waals surface area contributed by atoms with Crippen LogP contribution >= 0.6 is 0 Å². The monoisotopic (exact) mass is 542 g/mol. The van der Waals surface area contributed by atoms with E-state index in [1.54, 1.807) is 0 Å². The summed E-state index contributed by atoms with van der Waals surface area (Å²) in [4.78, 5) is 37.0. The first-order valence-corrected chi connectivity index (χ1v) is 14.7. The van der Waals surface area contributed by atoms with Crippen molar-refractivity contribution < 1.29 is 14.3 Å². The van der Waals surface area contributed by atoms with Gasteiger partial charge in [-0.25, -0.2) is 4.90 Å². The molecule has 2 amide bonds. The Kier molecular flexibility index (Phi) is 8.40. The minimum Gasteiger partial charge on any atom is -0.478 e. The Morgan fingerprint density at radius 3 is 2.48 bits per heavy atom. The number of ether oxygens (including phenoxy) is 1. The van der Waals surface area contributed by atoms with Crippen LogP contribution in [0.2, 0.25) is 0 Å². The van der Waals surface area contributed by atoms with Crippen LogP contribution in [0.1, 0.15) is 52.5 Å². The lowest BCUT2D eigenvalue weighted by Crippen LogP contribution is -2.46. The maximum Gasteiger partial charge on any atom is 0.238 e. The first-order valence-electron chi connectivity index (χ1n) is 14.7. The van der Waals surface area contributed by atoms with Crippen LogP contribution in [-0.2, 0) is 16.0 Å². The molecule has 40 heavy (non-hydrogen) atoms. The minimum atomic E-state index is -0.303. The predicted octanol–water partition coefficient (Wildman–Crippen LogP) is 5.70. The van der Waals surface area contributed by atoms with Crippen molar-refractivity contribution in [2.45, 2.75) is 53.4 Å². The Bertz CT molecular complexity index is 1350. The second-order valence-corrected chi connectivity index (χ2v) is 12.2. The summed E-state index contributed by atoms with van der Waals surface area (Å²) < 4.78 is 5.98. The van der Waals surface area contributed by atoms with Crippen molar-refractivity contribution in [1.82, 2.24) is 9.88 Å². The van der Waals surface area contributed by atoms with Gasteiger partial charge in [0.2, 0.25) is 17.7 Å². The number of fused-ring (bicyclic) bond motifs is 2. The summed E-state index contributed by atoms with van der Waals surface area (Å²) in [7, 11) is 0. The van der Waals surface area contributed by atoms with Gasteiger partial charge < -0.3 is 9.64 Å². The van der Waals surface area contributed by atoms with E-state index in [9.17, 15) is 9.59 Å². The number of benzene rings is 2. The van der Waals surface area contributed by atoms with Crippen molar-refractivity contribution in [1.29, 1.82) is 0 Å². The molecule has 1 atom stereocenters.